The number of rotatable bonds is 9. The summed E-state index contributed by atoms with van der Waals surface area (Å²) in [6, 6.07) is 13.7. The van der Waals surface area contributed by atoms with Crippen molar-refractivity contribution in [3.63, 3.8) is 0 Å². The Morgan fingerprint density at radius 1 is 1.19 bits per heavy atom. The number of ether oxygens (including phenoxy) is 1. The maximum Gasteiger partial charge on any atom is 0.261 e. The van der Waals surface area contributed by atoms with Gasteiger partial charge in [-0.15, -0.1) is 0 Å². The number of carbonyl (C=O) groups is 1. The van der Waals surface area contributed by atoms with Crippen molar-refractivity contribution in [2.45, 2.75) is 39.0 Å². The summed E-state index contributed by atoms with van der Waals surface area (Å²) in [5, 5.41) is 3.75. The minimum Gasteiger partial charge on any atom is -0.481 e. The van der Waals surface area contributed by atoms with Crippen LogP contribution in [0.5, 0.6) is 5.75 Å². The van der Waals surface area contributed by atoms with Crippen LogP contribution in [0.2, 0.25) is 5.02 Å². The van der Waals surface area contributed by atoms with Gasteiger partial charge in [0.1, 0.15) is 5.75 Å². The molecule has 5 heteroatoms. The molecule has 2 aromatic carbocycles. The standard InChI is InChI=1S/C21H26ClNO2S/c1-4-20(25-18-10-9-15(2)16(3)13-18)21(24)23-11-12-26-14-17-7-5-6-8-19(17)22/h5-10,13,20H,4,11-12,14H2,1-3H3,(H,23,24)/t20-/m1/s1. The third-order valence-electron chi connectivity index (χ3n) is 4.18. The molecule has 0 aliphatic carbocycles. The van der Waals surface area contributed by atoms with Gasteiger partial charge in [0.2, 0.25) is 0 Å². The summed E-state index contributed by atoms with van der Waals surface area (Å²) >= 11 is 7.90. The SMILES string of the molecule is CC[C@@H](Oc1ccc(C)c(C)c1)C(=O)NCCSCc1ccccc1Cl. The summed E-state index contributed by atoms with van der Waals surface area (Å²) in [5.74, 6) is 2.34. The summed E-state index contributed by atoms with van der Waals surface area (Å²) in [6.45, 7) is 6.67. The first-order valence-corrected chi connectivity index (χ1v) is 10.4. The van der Waals surface area contributed by atoms with Gasteiger partial charge in [0.15, 0.2) is 6.10 Å². The van der Waals surface area contributed by atoms with E-state index in [1.807, 2.05) is 56.3 Å². The first-order chi connectivity index (χ1) is 12.5. The highest BCUT2D eigenvalue weighted by atomic mass is 35.5. The second kappa shape index (κ2) is 10.5. The van der Waals surface area contributed by atoms with E-state index in [1.54, 1.807) is 11.8 Å². The van der Waals surface area contributed by atoms with Gasteiger partial charge in [0.25, 0.3) is 5.91 Å². The Balaban J connectivity index is 1.74. The molecule has 1 N–H and O–H groups in total. The fourth-order valence-electron chi connectivity index (χ4n) is 2.43. The zero-order valence-electron chi connectivity index (χ0n) is 15.5. The van der Waals surface area contributed by atoms with Crippen molar-refractivity contribution in [1.82, 2.24) is 5.32 Å². The summed E-state index contributed by atoms with van der Waals surface area (Å²) < 4.78 is 5.87. The first kappa shape index (κ1) is 20.7. The van der Waals surface area contributed by atoms with Gasteiger partial charge in [0.05, 0.1) is 0 Å². The van der Waals surface area contributed by atoms with Crippen LogP contribution in [0.1, 0.15) is 30.0 Å². The van der Waals surface area contributed by atoms with E-state index >= 15 is 0 Å². The lowest BCUT2D eigenvalue weighted by Crippen LogP contribution is -2.39. The highest BCUT2D eigenvalue weighted by molar-refractivity contribution is 7.98. The molecule has 0 heterocycles. The predicted octanol–water partition coefficient (Wildman–Crippen LogP) is 5.16. The van der Waals surface area contributed by atoms with E-state index in [4.69, 9.17) is 16.3 Å². The highest BCUT2D eigenvalue weighted by Crippen LogP contribution is 2.21. The van der Waals surface area contributed by atoms with Crippen LogP contribution in [0.3, 0.4) is 0 Å². The van der Waals surface area contributed by atoms with Crippen LogP contribution in [-0.2, 0) is 10.5 Å². The summed E-state index contributed by atoms with van der Waals surface area (Å²) in [5.41, 5.74) is 3.49. The largest absolute Gasteiger partial charge is 0.481 e. The lowest BCUT2D eigenvalue weighted by atomic mass is 10.1. The lowest BCUT2D eigenvalue weighted by Gasteiger charge is -2.18. The second-order valence-corrected chi connectivity index (χ2v) is 7.71. The van der Waals surface area contributed by atoms with Crippen molar-refractivity contribution in [2.24, 2.45) is 0 Å². The Morgan fingerprint density at radius 2 is 1.96 bits per heavy atom. The molecule has 0 saturated carbocycles. The Kier molecular flexibility index (Phi) is 8.33. The Labute approximate surface area is 165 Å². The molecule has 0 unspecified atom stereocenters. The van der Waals surface area contributed by atoms with Crippen molar-refractivity contribution in [1.29, 1.82) is 0 Å². The van der Waals surface area contributed by atoms with E-state index < -0.39 is 6.10 Å². The number of hydrogen-bond acceptors (Lipinski definition) is 3. The number of halogens is 1. The summed E-state index contributed by atoms with van der Waals surface area (Å²) in [4.78, 5) is 12.4. The quantitative estimate of drug-likeness (QED) is 0.599. The molecule has 0 spiro atoms. The molecule has 0 fully saturated rings. The van der Waals surface area contributed by atoms with Crippen LogP contribution >= 0.6 is 23.4 Å². The van der Waals surface area contributed by atoms with Gasteiger partial charge >= 0.3 is 0 Å². The van der Waals surface area contributed by atoms with Crippen LogP contribution in [0.4, 0.5) is 0 Å². The van der Waals surface area contributed by atoms with E-state index in [0.29, 0.717) is 13.0 Å². The number of aryl methyl sites for hydroxylation is 2. The minimum absolute atomic E-state index is 0.0657. The number of hydrogen-bond donors (Lipinski definition) is 1. The lowest BCUT2D eigenvalue weighted by molar-refractivity contribution is -0.127. The van der Waals surface area contributed by atoms with E-state index in [-0.39, 0.29) is 5.91 Å². The molecule has 140 valence electrons. The highest BCUT2D eigenvalue weighted by Gasteiger charge is 2.18. The number of carbonyl (C=O) groups excluding carboxylic acids is 1. The molecule has 1 atom stereocenters. The average Bonchev–Trinajstić information content (AvgIpc) is 2.63. The summed E-state index contributed by atoms with van der Waals surface area (Å²) in [6.07, 6.45) is 0.164. The van der Waals surface area contributed by atoms with E-state index in [0.717, 1.165) is 33.4 Å². The molecule has 3 nitrogen and oxygen atoms in total. The summed E-state index contributed by atoms with van der Waals surface area (Å²) in [7, 11) is 0. The van der Waals surface area contributed by atoms with Crippen LogP contribution in [0.25, 0.3) is 0 Å². The molecular formula is C21H26ClNO2S. The predicted molar refractivity (Wildman–Crippen MR) is 111 cm³/mol. The van der Waals surface area contributed by atoms with Crippen molar-refractivity contribution in [3.05, 3.63) is 64.2 Å². The third-order valence-corrected chi connectivity index (χ3v) is 5.56. The minimum atomic E-state index is -0.467. The maximum absolute atomic E-state index is 12.4. The van der Waals surface area contributed by atoms with Gasteiger partial charge in [0, 0.05) is 23.1 Å². The van der Waals surface area contributed by atoms with Crippen molar-refractivity contribution in [2.75, 3.05) is 12.3 Å². The van der Waals surface area contributed by atoms with Crippen LogP contribution in [-0.4, -0.2) is 24.3 Å². The maximum atomic E-state index is 12.4. The Morgan fingerprint density at radius 3 is 2.65 bits per heavy atom. The molecule has 0 aliphatic rings. The molecule has 0 bridgehead atoms. The molecule has 1 amide bonds. The Hall–Kier alpha value is -1.65. The fraction of sp³-hybridized carbons (Fsp3) is 0.381. The number of nitrogens with one attached hydrogen (secondary N) is 1. The second-order valence-electron chi connectivity index (χ2n) is 6.20. The number of amides is 1. The van der Waals surface area contributed by atoms with E-state index in [1.165, 1.54) is 5.56 Å². The Bertz CT molecular complexity index is 736. The van der Waals surface area contributed by atoms with Gasteiger partial charge < -0.3 is 10.1 Å². The van der Waals surface area contributed by atoms with Crippen molar-refractivity contribution in [3.8, 4) is 5.75 Å². The van der Waals surface area contributed by atoms with Gasteiger partial charge in [-0.1, -0.05) is 42.8 Å². The fourth-order valence-corrected chi connectivity index (χ4v) is 3.58. The van der Waals surface area contributed by atoms with Crippen LogP contribution < -0.4 is 10.1 Å². The molecule has 2 rings (SSSR count). The first-order valence-electron chi connectivity index (χ1n) is 8.84. The molecule has 0 aliphatic heterocycles. The van der Waals surface area contributed by atoms with Crippen molar-refractivity contribution >= 4 is 29.3 Å². The van der Waals surface area contributed by atoms with E-state index in [2.05, 4.69) is 12.2 Å². The van der Waals surface area contributed by atoms with Gasteiger partial charge in [-0.05, 0) is 55.2 Å². The van der Waals surface area contributed by atoms with Crippen LogP contribution in [0.15, 0.2) is 42.5 Å². The molecule has 0 aromatic heterocycles. The number of benzene rings is 2. The smallest absolute Gasteiger partial charge is 0.261 e. The number of thioether (sulfide) groups is 1. The van der Waals surface area contributed by atoms with Gasteiger partial charge in [-0.25, -0.2) is 0 Å². The molecule has 0 radical (unpaired) electrons. The molecule has 26 heavy (non-hydrogen) atoms. The van der Waals surface area contributed by atoms with Crippen molar-refractivity contribution < 1.29 is 9.53 Å². The topological polar surface area (TPSA) is 38.3 Å². The average molecular weight is 392 g/mol. The monoisotopic (exact) mass is 391 g/mol. The third kappa shape index (κ3) is 6.26. The molecular weight excluding hydrogens is 366 g/mol. The van der Waals surface area contributed by atoms with Gasteiger partial charge in [-0.3, -0.25) is 4.79 Å². The van der Waals surface area contributed by atoms with Gasteiger partial charge in [-0.2, -0.15) is 11.8 Å². The van der Waals surface area contributed by atoms with E-state index in [9.17, 15) is 4.79 Å². The zero-order valence-corrected chi connectivity index (χ0v) is 17.1. The van der Waals surface area contributed by atoms with Crippen LogP contribution in [0, 0.1) is 13.8 Å². The molecule has 0 saturated heterocycles. The molecule has 2 aromatic rings. The normalized spacial score (nSPS) is 11.8. The zero-order chi connectivity index (χ0) is 18.9.